The predicted octanol–water partition coefficient (Wildman–Crippen LogP) is 2.79. The molecule has 2 amide bonds. The van der Waals surface area contributed by atoms with Crippen LogP contribution < -0.4 is 5.32 Å². The highest BCUT2D eigenvalue weighted by molar-refractivity contribution is 7.91. The van der Waals surface area contributed by atoms with Gasteiger partial charge in [0, 0.05) is 38.2 Å². The number of likely N-dealkylation sites (tertiary alicyclic amines) is 1. The van der Waals surface area contributed by atoms with Crippen molar-refractivity contribution in [3.63, 3.8) is 0 Å². The van der Waals surface area contributed by atoms with Crippen LogP contribution in [0.4, 0.5) is 10.5 Å². The molecular weight excluding hydrogens is 386 g/mol. The van der Waals surface area contributed by atoms with Crippen molar-refractivity contribution in [3.05, 3.63) is 47.8 Å². The van der Waals surface area contributed by atoms with Crippen LogP contribution in [0.15, 0.2) is 52.1 Å². The fraction of sp³-hybridized carbons (Fsp3) is 0.389. The number of ether oxygens (including phenoxy) is 1. The Balaban J connectivity index is 1.45. The van der Waals surface area contributed by atoms with Crippen LogP contribution in [0.3, 0.4) is 0 Å². The smallest absolute Gasteiger partial charge is 0.321 e. The lowest BCUT2D eigenvalue weighted by molar-refractivity contribution is -0.0839. The quantitative estimate of drug-likeness (QED) is 0.849. The Hall–Kier alpha value is -1.94. The Bertz CT molecular complexity index is 892. The van der Waals surface area contributed by atoms with Crippen molar-refractivity contribution in [2.45, 2.75) is 22.8 Å². The summed E-state index contributed by atoms with van der Waals surface area (Å²) in [6.07, 6.45) is 0.916. The van der Waals surface area contributed by atoms with E-state index in [0.29, 0.717) is 43.3 Å². The van der Waals surface area contributed by atoms with Gasteiger partial charge >= 0.3 is 6.03 Å². The fourth-order valence-corrected chi connectivity index (χ4v) is 6.46. The Kier molecular flexibility index (Phi) is 4.94. The van der Waals surface area contributed by atoms with Crippen LogP contribution in [-0.2, 0) is 14.8 Å². The van der Waals surface area contributed by atoms with Gasteiger partial charge in [-0.3, -0.25) is 0 Å². The van der Waals surface area contributed by atoms with Gasteiger partial charge in [-0.1, -0.05) is 24.3 Å². The van der Waals surface area contributed by atoms with Crippen LogP contribution in [0.2, 0.25) is 0 Å². The molecule has 0 aliphatic carbocycles. The molecule has 2 aliphatic heterocycles. The number of hydrogen-bond acceptors (Lipinski definition) is 5. The van der Waals surface area contributed by atoms with Gasteiger partial charge in [-0.25, -0.2) is 13.2 Å². The number of sulfonamides is 1. The van der Waals surface area contributed by atoms with E-state index >= 15 is 0 Å². The van der Waals surface area contributed by atoms with Gasteiger partial charge in [0.2, 0.25) is 0 Å². The SMILES string of the molecule is O=C(Nc1ccccc1)N1CCC2(CC1)OCCN2S(=O)(=O)c1cccs1. The standard InChI is InChI=1S/C18H21N3O4S2/c22-17(19-15-5-2-1-3-6-15)20-10-8-18(9-11-20)21(12-13-25-18)27(23,24)16-7-4-14-26-16/h1-7,14H,8-13H2,(H,19,22). The number of para-hydroxylation sites is 1. The number of nitrogens with one attached hydrogen (secondary N) is 1. The summed E-state index contributed by atoms with van der Waals surface area (Å²) in [6, 6.07) is 12.5. The molecule has 0 saturated carbocycles. The fourth-order valence-electron chi connectivity index (χ4n) is 3.63. The van der Waals surface area contributed by atoms with Crippen molar-refractivity contribution < 1.29 is 17.9 Å². The number of urea groups is 1. The van der Waals surface area contributed by atoms with Gasteiger partial charge in [-0.05, 0) is 23.6 Å². The number of carbonyl (C=O) groups excluding carboxylic acids is 1. The van der Waals surface area contributed by atoms with E-state index in [2.05, 4.69) is 5.32 Å². The average molecular weight is 408 g/mol. The number of benzene rings is 1. The predicted molar refractivity (Wildman–Crippen MR) is 103 cm³/mol. The second-order valence-electron chi connectivity index (χ2n) is 6.59. The lowest BCUT2D eigenvalue weighted by Gasteiger charge is -2.42. The highest BCUT2D eigenvalue weighted by atomic mass is 32.2. The summed E-state index contributed by atoms with van der Waals surface area (Å²) in [6.45, 7) is 1.60. The van der Waals surface area contributed by atoms with Gasteiger partial charge in [0.1, 0.15) is 9.93 Å². The summed E-state index contributed by atoms with van der Waals surface area (Å²) in [5.74, 6) is 0. The molecule has 2 saturated heterocycles. The first-order chi connectivity index (χ1) is 13.0. The normalized spacial score (nSPS) is 20.1. The molecular formula is C18H21N3O4S2. The van der Waals surface area contributed by atoms with Crippen LogP contribution in [-0.4, -0.2) is 55.6 Å². The topological polar surface area (TPSA) is 79.0 Å². The number of piperidine rings is 1. The molecule has 3 heterocycles. The molecule has 144 valence electrons. The Morgan fingerprint density at radius 1 is 1.07 bits per heavy atom. The maximum atomic E-state index is 13.0. The van der Waals surface area contributed by atoms with Gasteiger partial charge in [0.15, 0.2) is 0 Å². The molecule has 0 bridgehead atoms. The van der Waals surface area contributed by atoms with Gasteiger partial charge in [-0.15, -0.1) is 11.3 Å². The first-order valence-electron chi connectivity index (χ1n) is 8.83. The van der Waals surface area contributed by atoms with E-state index in [0.717, 1.165) is 5.69 Å². The zero-order valence-corrected chi connectivity index (χ0v) is 16.3. The van der Waals surface area contributed by atoms with E-state index in [-0.39, 0.29) is 6.03 Å². The van der Waals surface area contributed by atoms with E-state index in [1.807, 2.05) is 30.3 Å². The van der Waals surface area contributed by atoms with Crippen LogP contribution in [0, 0.1) is 0 Å². The van der Waals surface area contributed by atoms with Crippen LogP contribution in [0.1, 0.15) is 12.8 Å². The molecule has 9 heteroatoms. The summed E-state index contributed by atoms with van der Waals surface area (Å²) < 4.78 is 33.7. The molecule has 27 heavy (non-hydrogen) atoms. The second kappa shape index (κ2) is 7.23. The summed E-state index contributed by atoms with van der Waals surface area (Å²) in [4.78, 5) is 14.2. The maximum Gasteiger partial charge on any atom is 0.321 e. The number of rotatable bonds is 3. The number of amides is 2. The van der Waals surface area contributed by atoms with E-state index in [4.69, 9.17) is 4.74 Å². The molecule has 1 N–H and O–H groups in total. The van der Waals surface area contributed by atoms with E-state index in [9.17, 15) is 13.2 Å². The van der Waals surface area contributed by atoms with Crippen LogP contribution in [0.5, 0.6) is 0 Å². The van der Waals surface area contributed by atoms with E-state index in [1.54, 1.807) is 22.4 Å². The molecule has 2 aromatic rings. The summed E-state index contributed by atoms with van der Waals surface area (Å²) in [7, 11) is -3.58. The largest absolute Gasteiger partial charge is 0.358 e. The molecule has 2 fully saturated rings. The third-order valence-corrected chi connectivity index (χ3v) is 8.34. The summed E-state index contributed by atoms with van der Waals surface area (Å²) >= 11 is 1.21. The van der Waals surface area contributed by atoms with Gasteiger partial charge < -0.3 is 15.0 Å². The van der Waals surface area contributed by atoms with Gasteiger partial charge in [-0.2, -0.15) is 4.31 Å². The molecule has 0 unspecified atom stereocenters. The minimum absolute atomic E-state index is 0.179. The highest BCUT2D eigenvalue weighted by Gasteiger charge is 2.51. The molecule has 0 radical (unpaired) electrons. The van der Waals surface area contributed by atoms with Crippen molar-refractivity contribution in [2.24, 2.45) is 0 Å². The molecule has 1 spiro atoms. The minimum Gasteiger partial charge on any atom is -0.358 e. The van der Waals surface area contributed by atoms with Crippen molar-refractivity contribution in [1.29, 1.82) is 0 Å². The molecule has 1 aromatic heterocycles. The van der Waals surface area contributed by atoms with Crippen molar-refractivity contribution in [3.8, 4) is 0 Å². The molecule has 1 aromatic carbocycles. The first kappa shape index (κ1) is 18.4. The van der Waals surface area contributed by atoms with Gasteiger partial charge in [0.05, 0.1) is 6.61 Å². The number of hydrogen-bond donors (Lipinski definition) is 1. The Morgan fingerprint density at radius 3 is 2.48 bits per heavy atom. The monoisotopic (exact) mass is 407 g/mol. The van der Waals surface area contributed by atoms with E-state index < -0.39 is 15.7 Å². The summed E-state index contributed by atoms with van der Waals surface area (Å²) in [5.41, 5.74) is -0.117. The number of anilines is 1. The third kappa shape index (κ3) is 3.47. The van der Waals surface area contributed by atoms with Crippen molar-refractivity contribution in [2.75, 3.05) is 31.6 Å². The lowest BCUT2D eigenvalue weighted by atomic mass is 10.0. The molecule has 0 atom stereocenters. The first-order valence-corrected chi connectivity index (χ1v) is 11.1. The summed E-state index contributed by atoms with van der Waals surface area (Å²) in [5, 5.41) is 4.63. The van der Waals surface area contributed by atoms with Crippen LogP contribution >= 0.6 is 11.3 Å². The minimum atomic E-state index is -3.58. The second-order valence-corrected chi connectivity index (χ2v) is 9.62. The number of thiophene rings is 1. The highest BCUT2D eigenvalue weighted by Crippen LogP contribution is 2.39. The zero-order valence-electron chi connectivity index (χ0n) is 14.7. The molecule has 7 nitrogen and oxygen atoms in total. The van der Waals surface area contributed by atoms with Crippen LogP contribution in [0.25, 0.3) is 0 Å². The molecule has 4 rings (SSSR count). The average Bonchev–Trinajstić information content (AvgIpc) is 3.34. The number of nitrogens with zero attached hydrogens (tertiary/aromatic N) is 2. The maximum absolute atomic E-state index is 13.0. The zero-order chi connectivity index (χ0) is 18.9. The Labute approximate surface area is 162 Å². The van der Waals surface area contributed by atoms with Crippen molar-refractivity contribution >= 4 is 33.1 Å². The van der Waals surface area contributed by atoms with E-state index in [1.165, 1.54) is 15.6 Å². The third-order valence-electron chi connectivity index (χ3n) is 5.02. The van der Waals surface area contributed by atoms with Gasteiger partial charge in [0.25, 0.3) is 10.0 Å². The Morgan fingerprint density at radius 2 is 1.81 bits per heavy atom. The number of carbonyl (C=O) groups is 1. The lowest BCUT2D eigenvalue weighted by Crippen LogP contribution is -2.56. The van der Waals surface area contributed by atoms with Crippen molar-refractivity contribution in [1.82, 2.24) is 9.21 Å². The molecule has 2 aliphatic rings.